The number of nitrogens with zero attached hydrogens (tertiary/aromatic N) is 1. The molecule has 0 fully saturated rings. The first-order valence-electron chi connectivity index (χ1n) is 10.9. The van der Waals surface area contributed by atoms with Crippen LogP contribution in [0.2, 0.25) is 0 Å². The van der Waals surface area contributed by atoms with Gasteiger partial charge in [-0.25, -0.2) is 4.98 Å². The average molecular weight is 434 g/mol. The van der Waals surface area contributed by atoms with E-state index in [1.54, 1.807) is 11.3 Å². The molecule has 32 heavy (non-hydrogen) atoms. The number of hydrogen-bond donors (Lipinski definition) is 0. The second-order valence-corrected chi connectivity index (χ2v) is 10.3. The van der Waals surface area contributed by atoms with Crippen molar-refractivity contribution in [1.29, 1.82) is 0 Å². The van der Waals surface area contributed by atoms with Crippen molar-refractivity contribution in [2.24, 2.45) is 0 Å². The molecule has 0 aliphatic heterocycles. The number of pyridine rings is 1. The van der Waals surface area contributed by atoms with E-state index in [4.69, 9.17) is 9.40 Å². The second kappa shape index (κ2) is 7.04. The number of hydrogen-bond acceptors (Lipinski definition) is 3. The Bertz CT molecular complexity index is 1600. The molecule has 0 aliphatic rings. The molecule has 156 valence electrons. The molecule has 6 rings (SSSR count). The van der Waals surface area contributed by atoms with Gasteiger partial charge in [0.25, 0.3) is 0 Å². The molecular weight excluding hydrogens is 410 g/mol. The van der Waals surface area contributed by atoms with Crippen molar-refractivity contribution in [1.82, 2.24) is 4.98 Å². The highest BCUT2D eigenvalue weighted by atomic mass is 32.1. The zero-order valence-electron chi connectivity index (χ0n) is 18.3. The summed E-state index contributed by atoms with van der Waals surface area (Å²) in [4.78, 5) is 7.32. The third kappa shape index (κ3) is 3.12. The third-order valence-corrected chi connectivity index (χ3v) is 7.19. The van der Waals surface area contributed by atoms with Crippen molar-refractivity contribution in [3.8, 4) is 21.7 Å². The van der Waals surface area contributed by atoms with Gasteiger partial charge in [0, 0.05) is 26.6 Å². The van der Waals surface area contributed by atoms with E-state index in [1.165, 1.54) is 21.4 Å². The zero-order valence-corrected chi connectivity index (χ0v) is 19.2. The van der Waals surface area contributed by atoms with Crippen molar-refractivity contribution in [3.05, 3.63) is 90.5 Å². The van der Waals surface area contributed by atoms with Gasteiger partial charge in [-0.2, -0.15) is 0 Å². The molecule has 0 radical (unpaired) electrons. The van der Waals surface area contributed by atoms with E-state index in [0.717, 1.165) is 38.0 Å². The summed E-state index contributed by atoms with van der Waals surface area (Å²) in [7, 11) is 0. The van der Waals surface area contributed by atoms with Crippen molar-refractivity contribution >= 4 is 43.5 Å². The van der Waals surface area contributed by atoms with Gasteiger partial charge < -0.3 is 4.42 Å². The van der Waals surface area contributed by atoms with Crippen LogP contribution < -0.4 is 0 Å². The fourth-order valence-electron chi connectivity index (χ4n) is 4.29. The van der Waals surface area contributed by atoms with E-state index < -0.39 is 0 Å². The molecule has 0 amide bonds. The lowest BCUT2D eigenvalue weighted by Crippen LogP contribution is -2.10. The van der Waals surface area contributed by atoms with Gasteiger partial charge in [-0.1, -0.05) is 75.4 Å². The molecule has 0 spiro atoms. The van der Waals surface area contributed by atoms with Crippen molar-refractivity contribution in [2.75, 3.05) is 0 Å². The summed E-state index contributed by atoms with van der Waals surface area (Å²) < 4.78 is 6.23. The van der Waals surface area contributed by atoms with Gasteiger partial charge in [-0.3, -0.25) is 0 Å². The highest BCUT2D eigenvalue weighted by Crippen LogP contribution is 2.38. The largest absolute Gasteiger partial charge is 0.455 e. The van der Waals surface area contributed by atoms with Gasteiger partial charge in [0.1, 0.15) is 16.0 Å². The van der Waals surface area contributed by atoms with Crippen molar-refractivity contribution < 1.29 is 4.42 Å². The SMILES string of the molecule is CC(C)(C)c1ccc(-c2cc3ccc(-c4cccc5c4oc4ccccc45)nc3s2)cc1. The van der Waals surface area contributed by atoms with Gasteiger partial charge >= 0.3 is 0 Å². The number of para-hydroxylation sites is 2. The molecule has 2 nitrogen and oxygen atoms in total. The molecule has 6 aromatic rings. The van der Waals surface area contributed by atoms with Crippen LogP contribution in [0, 0.1) is 0 Å². The van der Waals surface area contributed by atoms with E-state index >= 15 is 0 Å². The fraction of sp³-hybridized carbons (Fsp3) is 0.138. The van der Waals surface area contributed by atoms with Crippen LogP contribution in [0.5, 0.6) is 0 Å². The average Bonchev–Trinajstić information content (AvgIpc) is 3.39. The van der Waals surface area contributed by atoms with E-state index in [-0.39, 0.29) is 5.41 Å². The first-order chi connectivity index (χ1) is 15.5. The summed E-state index contributed by atoms with van der Waals surface area (Å²) in [6.45, 7) is 6.74. The van der Waals surface area contributed by atoms with Gasteiger partial charge in [0.05, 0.1) is 5.69 Å². The van der Waals surface area contributed by atoms with Crippen LogP contribution in [-0.4, -0.2) is 4.98 Å². The Morgan fingerprint density at radius 1 is 0.781 bits per heavy atom. The Hall–Kier alpha value is -3.43. The molecule has 0 unspecified atom stereocenters. The second-order valence-electron chi connectivity index (χ2n) is 9.31. The van der Waals surface area contributed by atoms with Gasteiger partial charge in [0.2, 0.25) is 0 Å². The predicted molar refractivity (Wildman–Crippen MR) is 136 cm³/mol. The first-order valence-corrected chi connectivity index (χ1v) is 11.7. The number of rotatable bonds is 2. The normalized spacial score (nSPS) is 12.2. The summed E-state index contributed by atoms with van der Waals surface area (Å²) in [5.41, 5.74) is 6.53. The van der Waals surface area contributed by atoms with Crippen molar-refractivity contribution in [2.45, 2.75) is 26.2 Å². The summed E-state index contributed by atoms with van der Waals surface area (Å²) >= 11 is 1.74. The third-order valence-electron chi connectivity index (χ3n) is 6.10. The number of fused-ring (bicyclic) bond motifs is 4. The van der Waals surface area contributed by atoms with Crippen LogP contribution in [0.4, 0.5) is 0 Å². The van der Waals surface area contributed by atoms with Crippen molar-refractivity contribution in [3.63, 3.8) is 0 Å². The lowest BCUT2D eigenvalue weighted by atomic mass is 9.86. The number of aromatic nitrogens is 1. The maximum Gasteiger partial charge on any atom is 0.144 e. The Morgan fingerprint density at radius 2 is 1.56 bits per heavy atom. The Balaban J connectivity index is 1.44. The zero-order chi connectivity index (χ0) is 21.9. The summed E-state index contributed by atoms with van der Waals surface area (Å²) in [5, 5.41) is 3.44. The summed E-state index contributed by atoms with van der Waals surface area (Å²) in [6.07, 6.45) is 0. The maximum atomic E-state index is 6.23. The molecule has 0 saturated heterocycles. The molecule has 0 bridgehead atoms. The minimum Gasteiger partial charge on any atom is -0.455 e. The standard InChI is InChI=1S/C29H23NOS/c1-29(2,3)20-14-11-18(12-15-20)26-17-19-13-16-24(30-28(19)32-26)23-9-6-8-22-21-7-4-5-10-25(21)31-27(22)23/h4-17H,1-3H3. The predicted octanol–water partition coefficient (Wildman–Crippen LogP) is 8.83. The summed E-state index contributed by atoms with van der Waals surface area (Å²) in [5.74, 6) is 0. The van der Waals surface area contributed by atoms with Crippen LogP contribution in [0.3, 0.4) is 0 Å². The molecule has 0 N–H and O–H groups in total. The lowest BCUT2D eigenvalue weighted by Gasteiger charge is -2.18. The molecule has 0 saturated carbocycles. The van der Waals surface area contributed by atoms with Gasteiger partial charge in [-0.15, -0.1) is 11.3 Å². The fourth-order valence-corrected chi connectivity index (χ4v) is 5.33. The topological polar surface area (TPSA) is 26.0 Å². The Morgan fingerprint density at radius 3 is 2.38 bits per heavy atom. The van der Waals surface area contributed by atoms with E-state index in [1.807, 2.05) is 12.1 Å². The van der Waals surface area contributed by atoms with Crippen LogP contribution >= 0.6 is 11.3 Å². The Kier molecular flexibility index (Phi) is 4.24. The first kappa shape index (κ1) is 19.3. The van der Waals surface area contributed by atoms with Crippen LogP contribution in [-0.2, 0) is 5.41 Å². The number of benzene rings is 3. The maximum absolute atomic E-state index is 6.23. The molecule has 3 aromatic carbocycles. The molecule has 0 atom stereocenters. The number of furan rings is 1. The van der Waals surface area contributed by atoms with E-state index in [9.17, 15) is 0 Å². The summed E-state index contributed by atoms with van der Waals surface area (Å²) in [6, 6.07) is 29.9. The number of thiophene rings is 1. The molecule has 3 heterocycles. The molecule has 3 heteroatoms. The van der Waals surface area contributed by atoms with E-state index in [0.29, 0.717) is 0 Å². The van der Waals surface area contributed by atoms with Crippen LogP contribution in [0.25, 0.3) is 53.9 Å². The van der Waals surface area contributed by atoms with Crippen LogP contribution in [0.1, 0.15) is 26.3 Å². The smallest absolute Gasteiger partial charge is 0.144 e. The molecular formula is C29H23NOS. The molecule has 0 aliphatic carbocycles. The quantitative estimate of drug-likeness (QED) is 0.273. The highest BCUT2D eigenvalue weighted by Gasteiger charge is 2.15. The monoisotopic (exact) mass is 433 g/mol. The lowest BCUT2D eigenvalue weighted by molar-refractivity contribution is 0.590. The van der Waals surface area contributed by atoms with Gasteiger partial charge in [-0.05, 0) is 46.9 Å². The minimum absolute atomic E-state index is 0.160. The Labute approximate surface area is 191 Å². The van der Waals surface area contributed by atoms with E-state index in [2.05, 4.69) is 93.6 Å². The molecule has 3 aromatic heterocycles. The van der Waals surface area contributed by atoms with Gasteiger partial charge in [0.15, 0.2) is 0 Å². The van der Waals surface area contributed by atoms with Crippen LogP contribution in [0.15, 0.2) is 89.3 Å². The minimum atomic E-state index is 0.160. The highest BCUT2D eigenvalue weighted by molar-refractivity contribution is 7.21.